The van der Waals surface area contributed by atoms with Crippen molar-refractivity contribution in [2.75, 3.05) is 19.7 Å². The number of carbonyl (C=O) groups excluding carboxylic acids is 2. The van der Waals surface area contributed by atoms with Gasteiger partial charge in [0.15, 0.2) is 0 Å². The lowest BCUT2D eigenvalue weighted by Gasteiger charge is -2.33. The van der Waals surface area contributed by atoms with Crippen molar-refractivity contribution in [1.82, 2.24) is 4.90 Å². The molecule has 0 bridgehead atoms. The summed E-state index contributed by atoms with van der Waals surface area (Å²) in [4.78, 5) is 25.5. The summed E-state index contributed by atoms with van der Waals surface area (Å²) in [7, 11) is 0. The lowest BCUT2D eigenvalue weighted by Crippen LogP contribution is -2.44. The Balaban J connectivity index is 2.54. The smallest absolute Gasteiger partial charge is 0.310 e. The van der Waals surface area contributed by atoms with Gasteiger partial charge in [0.2, 0.25) is 5.91 Å². The number of hydrogen-bond donors (Lipinski definition) is 0. The Bertz CT molecular complexity index is 278. The number of likely N-dealkylation sites (tertiary alicyclic amines) is 1. The summed E-state index contributed by atoms with van der Waals surface area (Å²) < 4.78 is 5.02. The van der Waals surface area contributed by atoms with E-state index in [0.717, 1.165) is 25.8 Å². The molecule has 1 saturated heterocycles. The van der Waals surface area contributed by atoms with Crippen LogP contribution >= 0.6 is 0 Å². The molecule has 0 N–H and O–H groups in total. The van der Waals surface area contributed by atoms with E-state index in [1.54, 1.807) is 0 Å². The van der Waals surface area contributed by atoms with Crippen molar-refractivity contribution in [2.45, 2.75) is 40.0 Å². The fourth-order valence-electron chi connectivity index (χ4n) is 2.12. The van der Waals surface area contributed by atoms with Crippen LogP contribution in [-0.4, -0.2) is 36.5 Å². The number of rotatable bonds is 4. The quantitative estimate of drug-likeness (QED) is 0.705. The molecular weight excluding hydrogens is 218 g/mol. The second-order valence-electron chi connectivity index (χ2n) is 4.68. The van der Waals surface area contributed by atoms with E-state index in [-0.39, 0.29) is 23.7 Å². The van der Waals surface area contributed by atoms with Crippen molar-refractivity contribution in [3.63, 3.8) is 0 Å². The average Bonchev–Trinajstić information content (AvgIpc) is 2.37. The molecule has 1 amide bonds. The Morgan fingerprint density at radius 1 is 1.41 bits per heavy atom. The van der Waals surface area contributed by atoms with Crippen LogP contribution < -0.4 is 0 Å². The van der Waals surface area contributed by atoms with Gasteiger partial charge in [-0.3, -0.25) is 9.59 Å². The Morgan fingerprint density at radius 2 is 2.12 bits per heavy atom. The molecule has 98 valence electrons. The molecule has 0 aromatic carbocycles. The molecule has 0 aromatic rings. The molecule has 1 rings (SSSR count). The van der Waals surface area contributed by atoms with E-state index in [1.807, 2.05) is 25.7 Å². The zero-order valence-electron chi connectivity index (χ0n) is 11.1. The highest BCUT2D eigenvalue weighted by molar-refractivity contribution is 5.80. The molecule has 1 aliphatic heterocycles. The summed E-state index contributed by atoms with van der Waals surface area (Å²) in [6.45, 7) is 7.48. The molecule has 1 aliphatic rings. The molecule has 0 radical (unpaired) electrons. The maximum absolute atomic E-state index is 12.0. The summed E-state index contributed by atoms with van der Waals surface area (Å²) in [5, 5.41) is 0. The first-order chi connectivity index (χ1) is 8.10. The lowest BCUT2D eigenvalue weighted by atomic mass is 9.96. The number of hydrogen-bond acceptors (Lipinski definition) is 3. The summed E-state index contributed by atoms with van der Waals surface area (Å²) in [5.74, 6) is -0.0664. The average molecular weight is 241 g/mol. The van der Waals surface area contributed by atoms with Crippen LogP contribution in [0.2, 0.25) is 0 Å². The highest BCUT2D eigenvalue weighted by Gasteiger charge is 2.30. The number of nitrogens with zero attached hydrogens (tertiary/aromatic N) is 1. The molecule has 0 aliphatic carbocycles. The largest absolute Gasteiger partial charge is 0.466 e. The number of ether oxygens (including phenoxy) is 1. The minimum atomic E-state index is -0.158. The minimum absolute atomic E-state index is 0.0518. The lowest BCUT2D eigenvalue weighted by molar-refractivity contribution is -0.151. The first-order valence-electron chi connectivity index (χ1n) is 6.55. The predicted molar refractivity (Wildman–Crippen MR) is 65.4 cm³/mol. The van der Waals surface area contributed by atoms with Crippen LogP contribution in [-0.2, 0) is 14.3 Å². The van der Waals surface area contributed by atoms with E-state index in [4.69, 9.17) is 4.74 Å². The van der Waals surface area contributed by atoms with Crippen LogP contribution in [0.3, 0.4) is 0 Å². The van der Waals surface area contributed by atoms with E-state index >= 15 is 0 Å². The molecule has 0 unspecified atom stereocenters. The molecule has 0 aromatic heterocycles. The molecule has 1 fully saturated rings. The molecule has 2 atom stereocenters. The first kappa shape index (κ1) is 14.0. The van der Waals surface area contributed by atoms with Gasteiger partial charge in [-0.1, -0.05) is 13.8 Å². The van der Waals surface area contributed by atoms with E-state index in [0.29, 0.717) is 13.2 Å². The second kappa shape index (κ2) is 6.62. The van der Waals surface area contributed by atoms with Crippen molar-refractivity contribution in [1.29, 1.82) is 0 Å². The van der Waals surface area contributed by atoms with E-state index < -0.39 is 0 Å². The van der Waals surface area contributed by atoms with Gasteiger partial charge in [-0.05, 0) is 26.2 Å². The number of carbonyl (C=O) groups is 2. The highest BCUT2D eigenvalue weighted by atomic mass is 16.5. The summed E-state index contributed by atoms with van der Waals surface area (Å²) >= 11 is 0. The Morgan fingerprint density at radius 3 is 2.71 bits per heavy atom. The van der Waals surface area contributed by atoms with Crippen molar-refractivity contribution < 1.29 is 14.3 Å². The third-order valence-electron chi connectivity index (χ3n) is 3.39. The maximum Gasteiger partial charge on any atom is 0.310 e. The van der Waals surface area contributed by atoms with Crippen molar-refractivity contribution in [2.24, 2.45) is 11.8 Å². The maximum atomic E-state index is 12.0. The Kier molecular flexibility index (Phi) is 5.45. The van der Waals surface area contributed by atoms with Gasteiger partial charge < -0.3 is 9.64 Å². The van der Waals surface area contributed by atoms with Gasteiger partial charge in [-0.15, -0.1) is 0 Å². The summed E-state index contributed by atoms with van der Waals surface area (Å²) in [5.41, 5.74) is 0. The van der Waals surface area contributed by atoms with Gasteiger partial charge >= 0.3 is 5.97 Å². The van der Waals surface area contributed by atoms with Gasteiger partial charge in [0.05, 0.1) is 12.5 Å². The Hall–Kier alpha value is -1.06. The zero-order chi connectivity index (χ0) is 12.8. The van der Waals surface area contributed by atoms with E-state index in [9.17, 15) is 9.59 Å². The van der Waals surface area contributed by atoms with Gasteiger partial charge in [0, 0.05) is 19.0 Å². The molecular formula is C13H23NO3. The summed E-state index contributed by atoms with van der Waals surface area (Å²) in [6.07, 6.45) is 2.58. The molecule has 0 saturated carbocycles. The highest BCUT2D eigenvalue weighted by Crippen LogP contribution is 2.20. The molecule has 1 heterocycles. The number of esters is 1. The molecule has 4 heteroatoms. The van der Waals surface area contributed by atoms with Crippen molar-refractivity contribution >= 4 is 11.9 Å². The van der Waals surface area contributed by atoms with Crippen LogP contribution in [0, 0.1) is 11.8 Å². The van der Waals surface area contributed by atoms with E-state index in [2.05, 4.69) is 0 Å². The second-order valence-corrected chi connectivity index (χ2v) is 4.68. The number of amides is 1. The third kappa shape index (κ3) is 3.72. The molecule has 4 nitrogen and oxygen atoms in total. The fraction of sp³-hybridized carbons (Fsp3) is 0.846. The monoisotopic (exact) mass is 241 g/mol. The van der Waals surface area contributed by atoms with Crippen LogP contribution in [0.5, 0.6) is 0 Å². The normalized spacial score (nSPS) is 22.1. The van der Waals surface area contributed by atoms with E-state index in [1.165, 1.54) is 0 Å². The van der Waals surface area contributed by atoms with Gasteiger partial charge in [-0.25, -0.2) is 0 Å². The minimum Gasteiger partial charge on any atom is -0.466 e. The fourth-order valence-corrected chi connectivity index (χ4v) is 2.12. The van der Waals surface area contributed by atoms with Gasteiger partial charge in [0.1, 0.15) is 0 Å². The third-order valence-corrected chi connectivity index (χ3v) is 3.39. The van der Waals surface area contributed by atoms with Crippen molar-refractivity contribution in [3.05, 3.63) is 0 Å². The van der Waals surface area contributed by atoms with Crippen LogP contribution in [0.25, 0.3) is 0 Å². The van der Waals surface area contributed by atoms with Crippen LogP contribution in [0.15, 0.2) is 0 Å². The zero-order valence-corrected chi connectivity index (χ0v) is 11.1. The Labute approximate surface area is 103 Å². The van der Waals surface area contributed by atoms with Gasteiger partial charge in [-0.2, -0.15) is 0 Å². The summed E-state index contributed by atoms with van der Waals surface area (Å²) in [6, 6.07) is 0. The number of piperidine rings is 1. The predicted octanol–water partition coefficient (Wildman–Crippen LogP) is 1.83. The first-order valence-corrected chi connectivity index (χ1v) is 6.55. The SMILES string of the molecule is CCOC(=O)[C@H]1CCCN(C(=O)[C@@H](C)CC)C1. The van der Waals surface area contributed by atoms with Crippen LogP contribution in [0.4, 0.5) is 0 Å². The van der Waals surface area contributed by atoms with Crippen LogP contribution in [0.1, 0.15) is 40.0 Å². The van der Waals surface area contributed by atoms with Gasteiger partial charge in [0.25, 0.3) is 0 Å². The topological polar surface area (TPSA) is 46.6 Å². The molecule has 17 heavy (non-hydrogen) atoms. The standard InChI is InChI=1S/C13H23NO3/c1-4-10(3)12(15)14-8-6-7-11(9-14)13(16)17-5-2/h10-11H,4-9H2,1-3H3/t10-,11-/m0/s1. The van der Waals surface area contributed by atoms with Crippen molar-refractivity contribution in [3.8, 4) is 0 Å². The molecule has 0 spiro atoms.